The molecular formula is C14H16ClNO4S. The van der Waals surface area contributed by atoms with Crippen LogP contribution in [0.4, 0.5) is 0 Å². The Morgan fingerprint density at radius 2 is 1.95 bits per heavy atom. The molecule has 1 amide bonds. The van der Waals surface area contributed by atoms with Gasteiger partial charge in [0.15, 0.2) is 5.76 Å². The van der Waals surface area contributed by atoms with Gasteiger partial charge in [-0.2, -0.15) is 0 Å². The number of nitrogens with one attached hydrogen (secondary N) is 1. The average molecular weight is 330 g/mol. The van der Waals surface area contributed by atoms with Gasteiger partial charge in [-0.1, -0.05) is 0 Å². The normalized spacial score (nSPS) is 36.6. The zero-order valence-electron chi connectivity index (χ0n) is 11.5. The third kappa shape index (κ3) is 2.03. The minimum absolute atomic E-state index is 0.0176. The van der Waals surface area contributed by atoms with E-state index in [0.717, 1.165) is 11.8 Å². The fourth-order valence-corrected chi connectivity index (χ4v) is 5.65. The third-order valence-electron chi connectivity index (χ3n) is 5.39. The molecule has 1 heterocycles. The first kappa shape index (κ1) is 13.6. The van der Waals surface area contributed by atoms with Gasteiger partial charge in [0.1, 0.15) is 10.7 Å². The summed E-state index contributed by atoms with van der Waals surface area (Å²) in [5.41, 5.74) is 0. The lowest BCUT2D eigenvalue weighted by atomic mass is 10.0. The number of carbonyl (C=O) groups is 1. The fraction of sp³-hybridized carbons (Fsp3) is 0.643. The Hall–Kier alpha value is -1.01. The van der Waals surface area contributed by atoms with Crippen LogP contribution in [0.2, 0.25) is 0 Å². The molecule has 7 heteroatoms. The molecule has 114 valence electrons. The number of amides is 1. The molecule has 1 aromatic heterocycles. The molecule has 3 aliphatic rings. The molecular weight excluding hydrogens is 314 g/mol. The van der Waals surface area contributed by atoms with Gasteiger partial charge >= 0.3 is 0 Å². The van der Waals surface area contributed by atoms with Crippen LogP contribution in [0, 0.1) is 30.6 Å². The highest BCUT2D eigenvalue weighted by molar-refractivity contribution is 8.13. The number of halogens is 1. The minimum atomic E-state index is -3.88. The van der Waals surface area contributed by atoms with Gasteiger partial charge in [0, 0.05) is 22.8 Å². The molecule has 0 spiro atoms. The van der Waals surface area contributed by atoms with Crippen LogP contribution in [0.1, 0.15) is 35.6 Å². The van der Waals surface area contributed by atoms with Crippen molar-refractivity contribution in [2.24, 2.45) is 23.7 Å². The van der Waals surface area contributed by atoms with Crippen molar-refractivity contribution in [1.29, 1.82) is 0 Å². The second kappa shape index (κ2) is 4.26. The van der Waals surface area contributed by atoms with Crippen molar-refractivity contribution >= 4 is 25.6 Å². The van der Waals surface area contributed by atoms with Crippen molar-refractivity contribution in [1.82, 2.24) is 5.32 Å². The summed E-state index contributed by atoms with van der Waals surface area (Å²) in [6.07, 6.45) is 3.88. The van der Waals surface area contributed by atoms with Crippen molar-refractivity contribution in [3.05, 3.63) is 17.6 Å². The minimum Gasteiger partial charge on any atom is -0.455 e. The zero-order chi connectivity index (χ0) is 14.9. The number of hydrogen-bond acceptors (Lipinski definition) is 4. The van der Waals surface area contributed by atoms with Crippen LogP contribution in [0.15, 0.2) is 15.4 Å². The predicted molar refractivity (Wildman–Crippen MR) is 75.5 cm³/mol. The van der Waals surface area contributed by atoms with E-state index in [1.54, 1.807) is 0 Å². The maximum atomic E-state index is 12.2. The molecule has 4 rings (SSSR count). The number of rotatable bonds is 3. The van der Waals surface area contributed by atoms with Gasteiger partial charge in [0.25, 0.3) is 15.0 Å². The fourth-order valence-electron chi connectivity index (χ4n) is 4.56. The molecule has 0 saturated heterocycles. The summed E-state index contributed by atoms with van der Waals surface area (Å²) in [5.74, 6) is 2.60. The maximum Gasteiger partial charge on any atom is 0.287 e. The lowest BCUT2D eigenvalue weighted by Gasteiger charge is -2.09. The monoisotopic (exact) mass is 329 g/mol. The van der Waals surface area contributed by atoms with Crippen molar-refractivity contribution < 1.29 is 17.6 Å². The van der Waals surface area contributed by atoms with E-state index in [-0.39, 0.29) is 28.4 Å². The highest BCUT2D eigenvalue weighted by Gasteiger charge is 2.65. The van der Waals surface area contributed by atoms with E-state index < -0.39 is 9.05 Å². The molecule has 4 atom stereocenters. The number of fused-ring (bicyclic) bond motifs is 5. The first-order chi connectivity index (χ1) is 9.86. The van der Waals surface area contributed by atoms with E-state index in [1.807, 2.05) is 0 Å². The molecule has 3 saturated carbocycles. The Labute approximate surface area is 127 Å². The first-order valence-electron chi connectivity index (χ1n) is 7.22. The second-order valence-electron chi connectivity index (χ2n) is 6.46. The summed E-state index contributed by atoms with van der Waals surface area (Å²) < 4.78 is 28.0. The van der Waals surface area contributed by atoms with Gasteiger partial charge in [-0.3, -0.25) is 4.79 Å². The van der Waals surface area contributed by atoms with Gasteiger partial charge in [-0.25, -0.2) is 8.42 Å². The first-order valence-corrected chi connectivity index (χ1v) is 9.53. The van der Waals surface area contributed by atoms with Gasteiger partial charge < -0.3 is 9.73 Å². The Kier molecular flexibility index (Phi) is 2.77. The standard InChI is InChI=1S/C14H16ClNO4S/c1-6-10(21(15,18)19)5-9(20-6)14(17)16-13-11-7-2-3-8(4-7)12(11)13/h5,7-8,11-13H,2-4H2,1H3,(H,16,17). The van der Waals surface area contributed by atoms with E-state index >= 15 is 0 Å². The highest BCUT2D eigenvalue weighted by Crippen LogP contribution is 2.65. The van der Waals surface area contributed by atoms with Crippen molar-refractivity contribution in [3.8, 4) is 0 Å². The van der Waals surface area contributed by atoms with Gasteiger partial charge in [0.2, 0.25) is 0 Å². The topological polar surface area (TPSA) is 76.4 Å². The molecule has 3 fully saturated rings. The molecule has 4 unspecified atom stereocenters. The molecule has 5 nitrogen and oxygen atoms in total. The van der Waals surface area contributed by atoms with E-state index in [9.17, 15) is 13.2 Å². The molecule has 21 heavy (non-hydrogen) atoms. The third-order valence-corrected chi connectivity index (χ3v) is 6.82. The van der Waals surface area contributed by atoms with Crippen molar-refractivity contribution in [2.75, 3.05) is 0 Å². The van der Waals surface area contributed by atoms with Crippen LogP contribution in [-0.4, -0.2) is 20.4 Å². The Bertz CT molecular complexity index is 709. The molecule has 1 aromatic rings. The summed E-state index contributed by atoms with van der Waals surface area (Å²) in [4.78, 5) is 12.1. The Morgan fingerprint density at radius 3 is 2.48 bits per heavy atom. The van der Waals surface area contributed by atoms with E-state index in [2.05, 4.69) is 5.32 Å². The molecule has 0 radical (unpaired) electrons. The maximum absolute atomic E-state index is 12.2. The summed E-state index contributed by atoms with van der Waals surface area (Å²) in [6.45, 7) is 1.48. The SMILES string of the molecule is Cc1oc(C(=O)NC2C3C4CCC(C4)C23)cc1S(=O)(=O)Cl. The smallest absolute Gasteiger partial charge is 0.287 e. The van der Waals surface area contributed by atoms with E-state index in [1.165, 1.54) is 32.3 Å². The van der Waals surface area contributed by atoms with Gasteiger partial charge in [0.05, 0.1) is 0 Å². The van der Waals surface area contributed by atoms with Crippen LogP contribution in [-0.2, 0) is 9.05 Å². The second-order valence-corrected chi connectivity index (χ2v) is 8.99. The molecule has 0 aliphatic heterocycles. The molecule has 2 bridgehead atoms. The van der Waals surface area contributed by atoms with Crippen LogP contribution in [0.25, 0.3) is 0 Å². The molecule has 1 N–H and O–H groups in total. The number of carbonyl (C=O) groups excluding carboxylic acids is 1. The summed E-state index contributed by atoms with van der Waals surface area (Å²) in [5, 5.41) is 2.99. The average Bonchev–Trinajstić information content (AvgIpc) is 2.81. The van der Waals surface area contributed by atoms with Crippen LogP contribution >= 0.6 is 10.7 Å². The van der Waals surface area contributed by atoms with E-state index in [0.29, 0.717) is 11.8 Å². The van der Waals surface area contributed by atoms with Gasteiger partial charge in [-0.15, -0.1) is 0 Å². The number of aryl methyl sites for hydroxylation is 1. The summed E-state index contributed by atoms with van der Waals surface area (Å²) >= 11 is 0. The summed E-state index contributed by atoms with van der Waals surface area (Å²) in [6, 6.07) is 1.45. The van der Waals surface area contributed by atoms with E-state index in [4.69, 9.17) is 15.1 Å². The molecule has 0 aromatic carbocycles. The highest BCUT2D eigenvalue weighted by atomic mass is 35.7. The zero-order valence-corrected chi connectivity index (χ0v) is 13.1. The van der Waals surface area contributed by atoms with Crippen LogP contribution in [0.3, 0.4) is 0 Å². The predicted octanol–water partition coefficient (Wildman–Crippen LogP) is 2.29. The van der Waals surface area contributed by atoms with Crippen molar-refractivity contribution in [2.45, 2.75) is 37.1 Å². The quantitative estimate of drug-likeness (QED) is 0.863. The van der Waals surface area contributed by atoms with Crippen LogP contribution in [0.5, 0.6) is 0 Å². The summed E-state index contributed by atoms with van der Waals surface area (Å²) in [7, 11) is 1.42. The molecule has 3 aliphatic carbocycles. The number of furan rings is 1. The lowest BCUT2D eigenvalue weighted by molar-refractivity contribution is 0.0915. The van der Waals surface area contributed by atoms with Crippen molar-refractivity contribution in [3.63, 3.8) is 0 Å². The van der Waals surface area contributed by atoms with Crippen LogP contribution < -0.4 is 5.32 Å². The lowest BCUT2D eigenvalue weighted by Crippen LogP contribution is -2.29. The number of hydrogen-bond donors (Lipinski definition) is 1. The Balaban J connectivity index is 1.50. The largest absolute Gasteiger partial charge is 0.455 e. The van der Waals surface area contributed by atoms with Gasteiger partial charge in [-0.05, 0) is 49.9 Å². The Morgan fingerprint density at radius 1 is 1.33 bits per heavy atom.